The molecular weight excluding hydrogens is 272 g/mol. The molecule has 0 bridgehead atoms. The zero-order chi connectivity index (χ0) is 15.0. The van der Waals surface area contributed by atoms with E-state index in [0.29, 0.717) is 16.7 Å². The molecule has 0 aliphatic heterocycles. The summed E-state index contributed by atoms with van der Waals surface area (Å²) < 4.78 is 10.8. The molecule has 0 N–H and O–H groups in total. The standard InChI is InChI=1S/C17H25ClO2/c1-5-7-8-10-13(9-6-2)14-11-15(18)17(20-4)12-16(14)19-3/h7-8,11-13H,5-6,9-10H2,1-4H3/b8-7-. The monoisotopic (exact) mass is 296 g/mol. The highest BCUT2D eigenvalue weighted by atomic mass is 35.5. The molecule has 0 aromatic heterocycles. The van der Waals surface area contributed by atoms with Gasteiger partial charge in [-0.1, -0.05) is 44.0 Å². The van der Waals surface area contributed by atoms with Crippen LogP contribution in [0.1, 0.15) is 51.0 Å². The lowest BCUT2D eigenvalue weighted by Crippen LogP contribution is -2.02. The van der Waals surface area contributed by atoms with Crippen LogP contribution >= 0.6 is 11.6 Å². The third-order valence-electron chi connectivity index (χ3n) is 3.40. The molecule has 0 aliphatic rings. The average molecular weight is 297 g/mol. The highest BCUT2D eigenvalue weighted by molar-refractivity contribution is 6.32. The number of rotatable bonds is 8. The van der Waals surface area contributed by atoms with E-state index < -0.39 is 0 Å². The fraction of sp³-hybridized carbons (Fsp3) is 0.529. The minimum atomic E-state index is 0.432. The maximum absolute atomic E-state index is 6.27. The van der Waals surface area contributed by atoms with Crippen molar-refractivity contribution in [2.24, 2.45) is 0 Å². The van der Waals surface area contributed by atoms with Crippen molar-refractivity contribution in [3.8, 4) is 11.5 Å². The van der Waals surface area contributed by atoms with Gasteiger partial charge in [-0.3, -0.25) is 0 Å². The molecule has 20 heavy (non-hydrogen) atoms. The summed E-state index contributed by atoms with van der Waals surface area (Å²) in [7, 11) is 3.31. The number of hydrogen-bond donors (Lipinski definition) is 0. The van der Waals surface area contributed by atoms with E-state index in [0.717, 1.165) is 31.4 Å². The van der Waals surface area contributed by atoms with Crippen LogP contribution in [-0.2, 0) is 0 Å². The van der Waals surface area contributed by atoms with Crippen molar-refractivity contribution in [1.29, 1.82) is 0 Å². The second kappa shape index (κ2) is 8.91. The molecule has 0 radical (unpaired) electrons. The summed E-state index contributed by atoms with van der Waals surface area (Å²) in [6.45, 7) is 4.35. The average Bonchev–Trinajstić information content (AvgIpc) is 2.46. The van der Waals surface area contributed by atoms with Gasteiger partial charge in [-0.2, -0.15) is 0 Å². The van der Waals surface area contributed by atoms with Crippen LogP contribution in [0.3, 0.4) is 0 Å². The quantitative estimate of drug-likeness (QED) is 0.582. The molecule has 1 unspecified atom stereocenters. The lowest BCUT2D eigenvalue weighted by Gasteiger charge is -2.19. The van der Waals surface area contributed by atoms with E-state index >= 15 is 0 Å². The smallest absolute Gasteiger partial charge is 0.141 e. The zero-order valence-electron chi connectivity index (χ0n) is 12.9. The molecule has 0 spiro atoms. The van der Waals surface area contributed by atoms with Crippen LogP contribution in [0.4, 0.5) is 0 Å². The molecule has 3 heteroatoms. The minimum absolute atomic E-state index is 0.432. The van der Waals surface area contributed by atoms with Gasteiger partial charge in [0.25, 0.3) is 0 Å². The topological polar surface area (TPSA) is 18.5 Å². The molecule has 1 aromatic carbocycles. The Bertz CT molecular complexity index is 441. The number of halogens is 1. The first-order valence-corrected chi connectivity index (χ1v) is 7.62. The van der Waals surface area contributed by atoms with Crippen molar-refractivity contribution < 1.29 is 9.47 Å². The maximum Gasteiger partial charge on any atom is 0.141 e. The predicted octanol–water partition coefficient (Wildman–Crippen LogP) is 5.60. The zero-order valence-corrected chi connectivity index (χ0v) is 13.7. The Morgan fingerprint density at radius 2 is 1.80 bits per heavy atom. The fourth-order valence-corrected chi connectivity index (χ4v) is 2.63. The van der Waals surface area contributed by atoms with Crippen LogP contribution in [0.5, 0.6) is 11.5 Å². The first-order valence-electron chi connectivity index (χ1n) is 7.24. The summed E-state index contributed by atoms with van der Waals surface area (Å²) in [6, 6.07) is 3.86. The number of ether oxygens (including phenoxy) is 2. The van der Waals surface area contributed by atoms with Gasteiger partial charge >= 0.3 is 0 Å². The third-order valence-corrected chi connectivity index (χ3v) is 3.70. The van der Waals surface area contributed by atoms with Gasteiger partial charge in [0.15, 0.2) is 0 Å². The van der Waals surface area contributed by atoms with Crippen LogP contribution < -0.4 is 9.47 Å². The van der Waals surface area contributed by atoms with Crippen LogP contribution in [-0.4, -0.2) is 14.2 Å². The Kier molecular flexibility index (Phi) is 7.53. The molecule has 1 atom stereocenters. The Labute approximate surface area is 127 Å². The molecule has 112 valence electrons. The largest absolute Gasteiger partial charge is 0.496 e. The second-order valence-electron chi connectivity index (χ2n) is 4.83. The molecule has 0 aliphatic carbocycles. The Hall–Kier alpha value is -1.15. The SMILES string of the molecule is CC/C=C\CC(CCC)c1cc(Cl)c(OC)cc1OC. The van der Waals surface area contributed by atoms with Crippen molar-refractivity contribution >= 4 is 11.6 Å². The maximum atomic E-state index is 6.27. The lowest BCUT2D eigenvalue weighted by atomic mass is 9.90. The van der Waals surface area contributed by atoms with E-state index in [1.807, 2.05) is 12.1 Å². The van der Waals surface area contributed by atoms with Crippen molar-refractivity contribution in [2.75, 3.05) is 14.2 Å². The van der Waals surface area contributed by atoms with E-state index in [4.69, 9.17) is 21.1 Å². The Morgan fingerprint density at radius 1 is 1.10 bits per heavy atom. The second-order valence-corrected chi connectivity index (χ2v) is 5.24. The summed E-state index contributed by atoms with van der Waals surface area (Å²) in [5, 5.41) is 0.642. The van der Waals surface area contributed by atoms with Crippen LogP contribution in [0.2, 0.25) is 5.02 Å². The summed E-state index contributed by atoms with van der Waals surface area (Å²) in [5.74, 6) is 1.95. The molecule has 0 fully saturated rings. The molecule has 0 saturated carbocycles. The molecule has 1 aromatic rings. The van der Waals surface area contributed by atoms with Crippen molar-refractivity contribution in [1.82, 2.24) is 0 Å². The number of allylic oxidation sites excluding steroid dienone is 2. The van der Waals surface area contributed by atoms with Gasteiger partial charge in [0.1, 0.15) is 11.5 Å². The number of benzene rings is 1. The Balaban J connectivity index is 3.10. The first-order chi connectivity index (χ1) is 9.67. The normalized spacial score (nSPS) is 12.7. The number of hydrogen-bond acceptors (Lipinski definition) is 2. The first kappa shape index (κ1) is 16.9. The van der Waals surface area contributed by atoms with Gasteiger partial charge in [0.2, 0.25) is 0 Å². The summed E-state index contributed by atoms with van der Waals surface area (Å²) in [5.41, 5.74) is 1.17. The van der Waals surface area contributed by atoms with Gasteiger partial charge in [-0.05, 0) is 36.8 Å². The highest BCUT2D eigenvalue weighted by Crippen LogP contribution is 2.39. The van der Waals surface area contributed by atoms with E-state index in [1.165, 1.54) is 5.56 Å². The van der Waals surface area contributed by atoms with E-state index in [9.17, 15) is 0 Å². The third kappa shape index (κ3) is 4.45. The fourth-order valence-electron chi connectivity index (χ4n) is 2.38. The predicted molar refractivity (Wildman–Crippen MR) is 86.3 cm³/mol. The summed E-state index contributed by atoms with van der Waals surface area (Å²) >= 11 is 6.27. The highest BCUT2D eigenvalue weighted by Gasteiger charge is 2.17. The molecule has 1 rings (SSSR count). The van der Waals surface area contributed by atoms with Gasteiger partial charge < -0.3 is 9.47 Å². The van der Waals surface area contributed by atoms with Crippen LogP contribution in [0.15, 0.2) is 24.3 Å². The summed E-state index contributed by atoms with van der Waals surface area (Å²) in [4.78, 5) is 0. The van der Waals surface area contributed by atoms with E-state index in [2.05, 4.69) is 26.0 Å². The minimum Gasteiger partial charge on any atom is -0.496 e. The molecule has 0 saturated heterocycles. The molecule has 0 heterocycles. The van der Waals surface area contributed by atoms with Gasteiger partial charge in [0.05, 0.1) is 19.2 Å². The molecular formula is C17H25ClO2. The Morgan fingerprint density at radius 3 is 2.35 bits per heavy atom. The van der Waals surface area contributed by atoms with Crippen molar-refractivity contribution in [3.63, 3.8) is 0 Å². The van der Waals surface area contributed by atoms with Crippen LogP contribution in [0, 0.1) is 0 Å². The van der Waals surface area contributed by atoms with Crippen LogP contribution in [0.25, 0.3) is 0 Å². The van der Waals surface area contributed by atoms with Gasteiger partial charge in [-0.25, -0.2) is 0 Å². The lowest BCUT2D eigenvalue weighted by molar-refractivity contribution is 0.387. The van der Waals surface area contributed by atoms with Gasteiger partial charge in [0, 0.05) is 6.07 Å². The van der Waals surface area contributed by atoms with E-state index in [1.54, 1.807) is 14.2 Å². The number of methoxy groups -OCH3 is 2. The summed E-state index contributed by atoms with van der Waals surface area (Å²) in [6.07, 6.45) is 8.79. The van der Waals surface area contributed by atoms with Gasteiger partial charge in [-0.15, -0.1) is 0 Å². The molecule has 2 nitrogen and oxygen atoms in total. The molecule has 0 amide bonds. The van der Waals surface area contributed by atoms with E-state index in [-0.39, 0.29) is 0 Å². The van der Waals surface area contributed by atoms with Crippen molar-refractivity contribution in [3.05, 3.63) is 34.9 Å². The van der Waals surface area contributed by atoms with Crippen molar-refractivity contribution in [2.45, 2.75) is 45.4 Å².